The van der Waals surface area contributed by atoms with Crippen molar-refractivity contribution in [1.82, 2.24) is 5.32 Å². The standard InChI is InChI=1S/C14H17NO3S/c16-13(17)7-3-4-8-15-14(18)11-9-19-12-6-2-1-5-10(11)12/h1-2,5-6,11H,3-4,7-9H2,(H,15,18)(H,16,17)/t11-/m1/s1. The van der Waals surface area contributed by atoms with Gasteiger partial charge < -0.3 is 10.4 Å². The number of benzene rings is 1. The molecule has 1 aliphatic heterocycles. The van der Waals surface area contributed by atoms with Gasteiger partial charge in [-0.1, -0.05) is 18.2 Å². The van der Waals surface area contributed by atoms with Crippen LogP contribution in [-0.4, -0.2) is 29.3 Å². The van der Waals surface area contributed by atoms with Crippen LogP contribution in [0.3, 0.4) is 0 Å². The number of carbonyl (C=O) groups excluding carboxylic acids is 1. The Morgan fingerprint density at radius 2 is 2.11 bits per heavy atom. The maximum atomic E-state index is 12.1. The van der Waals surface area contributed by atoms with E-state index in [1.807, 2.05) is 24.3 Å². The number of hydrogen-bond donors (Lipinski definition) is 2. The van der Waals surface area contributed by atoms with E-state index in [-0.39, 0.29) is 18.2 Å². The second kappa shape index (κ2) is 6.61. The summed E-state index contributed by atoms with van der Waals surface area (Å²) < 4.78 is 0. The fourth-order valence-electron chi connectivity index (χ4n) is 2.12. The lowest BCUT2D eigenvalue weighted by atomic mass is 10.0. The Hall–Kier alpha value is -1.49. The molecular formula is C14H17NO3S. The number of amides is 1. The van der Waals surface area contributed by atoms with Crippen molar-refractivity contribution in [2.24, 2.45) is 0 Å². The van der Waals surface area contributed by atoms with E-state index in [0.717, 1.165) is 11.3 Å². The van der Waals surface area contributed by atoms with Gasteiger partial charge in [0, 0.05) is 23.6 Å². The Morgan fingerprint density at radius 1 is 1.32 bits per heavy atom. The number of carbonyl (C=O) groups is 2. The third-order valence-corrected chi connectivity index (χ3v) is 4.32. The zero-order valence-corrected chi connectivity index (χ0v) is 11.4. The lowest BCUT2D eigenvalue weighted by Crippen LogP contribution is -2.30. The second-order valence-corrected chi connectivity index (χ2v) is 5.61. The Labute approximate surface area is 116 Å². The van der Waals surface area contributed by atoms with Crippen molar-refractivity contribution in [3.8, 4) is 0 Å². The quantitative estimate of drug-likeness (QED) is 0.784. The number of nitrogens with one attached hydrogen (secondary N) is 1. The molecule has 0 unspecified atom stereocenters. The van der Waals surface area contributed by atoms with Crippen LogP contribution in [0.2, 0.25) is 0 Å². The molecule has 0 fully saturated rings. The highest BCUT2D eigenvalue weighted by atomic mass is 32.2. The minimum Gasteiger partial charge on any atom is -0.481 e. The first-order valence-electron chi connectivity index (χ1n) is 6.39. The number of hydrogen-bond acceptors (Lipinski definition) is 3. The van der Waals surface area contributed by atoms with E-state index < -0.39 is 5.97 Å². The maximum absolute atomic E-state index is 12.1. The van der Waals surface area contributed by atoms with Gasteiger partial charge in [0.25, 0.3) is 0 Å². The molecule has 19 heavy (non-hydrogen) atoms. The van der Waals surface area contributed by atoms with E-state index in [1.165, 1.54) is 4.90 Å². The maximum Gasteiger partial charge on any atom is 0.303 e. The summed E-state index contributed by atoms with van der Waals surface area (Å²) >= 11 is 1.71. The van der Waals surface area contributed by atoms with Crippen LogP contribution in [0, 0.1) is 0 Å². The van der Waals surface area contributed by atoms with Crippen LogP contribution >= 0.6 is 11.8 Å². The van der Waals surface area contributed by atoms with Gasteiger partial charge in [-0.3, -0.25) is 9.59 Å². The molecule has 0 saturated heterocycles. The molecule has 1 heterocycles. The molecule has 1 aromatic rings. The Kier molecular flexibility index (Phi) is 4.85. The summed E-state index contributed by atoms with van der Waals surface area (Å²) in [4.78, 5) is 23.6. The SMILES string of the molecule is O=C(O)CCCCNC(=O)[C@@H]1CSc2ccccc21. The van der Waals surface area contributed by atoms with Gasteiger partial charge >= 0.3 is 5.97 Å². The molecule has 0 spiro atoms. The van der Waals surface area contributed by atoms with Crippen LogP contribution in [-0.2, 0) is 9.59 Å². The topological polar surface area (TPSA) is 66.4 Å². The minimum atomic E-state index is -0.785. The number of thioether (sulfide) groups is 1. The minimum absolute atomic E-state index is 0.0489. The molecule has 0 radical (unpaired) electrons. The molecule has 1 aliphatic rings. The average Bonchev–Trinajstić information content (AvgIpc) is 2.81. The Morgan fingerprint density at radius 3 is 2.89 bits per heavy atom. The van der Waals surface area contributed by atoms with Crippen molar-refractivity contribution < 1.29 is 14.7 Å². The van der Waals surface area contributed by atoms with Crippen molar-refractivity contribution in [3.63, 3.8) is 0 Å². The number of carboxylic acids is 1. The highest BCUT2D eigenvalue weighted by molar-refractivity contribution is 7.99. The number of unbranched alkanes of at least 4 members (excludes halogenated alkanes) is 1. The van der Waals surface area contributed by atoms with Crippen molar-refractivity contribution in [3.05, 3.63) is 29.8 Å². The van der Waals surface area contributed by atoms with Crippen LogP contribution in [0.4, 0.5) is 0 Å². The van der Waals surface area contributed by atoms with Crippen LogP contribution in [0.25, 0.3) is 0 Å². The summed E-state index contributed by atoms with van der Waals surface area (Å²) in [7, 11) is 0. The molecule has 0 aliphatic carbocycles. The van der Waals surface area contributed by atoms with Crippen LogP contribution < -0.4 is 5.32 Å². The highest BCUT2D eigenvalue weighted by Crippen LogP contribution is 2.39. The predicted molar refractivity (Wildman–Crippen MR) is 74.4 cm³/mol. The van der Waals surface area contributed by atoms with Gasteiger partial charge in [-0.2, -0.15) is 0 Å². The van der Waals surface area contributed by atoms with E-state index in [4.69, 9.17) is 5.11 Å². The lowest BCUT2D eigenvalue weighted by Gasteiger charge is -2.11. The molecule has 2 rings (SSSR count). The van der Waals surface area contributed by atoms with E-state index in [1.54, 1.807) is 11.8 Å². The first kappa shape index (κ1) is 13.9. The molecule has 0 aromatic heterocycles. The largest absolute Gasteiger partial charge is 0.481 e. The summed E-state index contributed by atoms with van der Waals surface area (Å²) in [5.41, 5.74) is 1.11. The molecule has 0 saturated carbocycles. The molecule has 1 amide bonds. The average molecular weight is 279 g/mol. The Balaban J connectivity index is 1.77. The molecule has 0 bridgehead atoms. The fraction of sp³-hybridized carbons (Fsp3) is 0.429. The monoisotopic (exact) mass is 279 g/mol. The first-order valence-corrected chi connectivity index (χ1v) is 7.38. The molecular weight excluding hydrogens is 262 g/mol. The zero-order chi connectivity index (χ0) is 13.7. The molecule has 102 valence electrons. The molecule has 1 aromatic carbocycles. The van der Waals surface area contributed by atoms with Gasteiger partial charge in [0.2, 0.25) is 5.91 Å². The smallest absolute Gasteiger partial charge is 0.303 e. The predicted octanol–water partition coefficient (Wildman–Crippen LogP) is 2.25. The number of carboxylic acid groups (broad SMARTS) is 1. The molecule has 2 N–H and O–H groups in total. The third-order valence-electron chi connectivity index (χ3n) is 3.13. The second-order valence-electron chi connectivity index (χ2n) is 4.54. The van der Waals surface area contributed by atoms with Gasteiger partial charge in [-0.05, 0) is 24.5 Å². The van der Waals surface area contributed by atoms with Crippen LogP contribution in [0.1, 0.15) is 30.7 Å². The van der Waals surface area contributed by atoms with Crippen molar-refractivity contribution in [2.45, 2.75) is 30.1 Å². The highest BCUT2D eigenvalue weighted by Gasteiger charge is 2.28. The zero-order valence-electron chi connectivity index (χ0n) is 10.6. The third kappa shape index (κ3) is 3.73. The first-order chi connectivity index (χ1) is 9.18. The summed E-state index contributed by atoms with van der Waals surface area (Å²) in [6, 6.07) is 7.99. The number of rotatable bonds is 6. The fourth-order valence-corrected chi connectivity index (χ4v) is 3.34. The van der Waals surface area contributed by atoms with Gasteiger partial charge in [0.1, 0.15) is 0 Å². The van der Waals surface area contributed by atoms with Crippen molar-refractivity contribution >= 4 is 23.6 Å². The van der Waals surface area contributed by atoms with Crippen LogP contribution in [0.15, 0.2) is 29.2 Å². The normalized spacial score (nSPS) is 16.9. The summed E-state index contributed by atoms with van der Waals surface area (Å²) in [5.74, 6) is -0.0128. The van der Waals surface area contributed by atoms with Crippen LogP contribution in [0.5, 0.6) is 0 Å². The summed E-state index contributed by atoms with van der Waals surface area (Å²) in [6.07, 6.45) is 1.48. The summed E-state index contributed by atoms with van der Waals surface area (Å²) in [5, 5.41) is 11.4. The van der Waals surface area contributed by atoms with Gasteiger partial charge in [-0.15, -0.1) is 11.8 Å². The van der Waals surface area contributed by atoms with Crippen molar-refractivity contribution in [2.75, 3.05) is 12.3 Å². The van der Waals surface area contributed by atoms with E-state index >= 15 is 0 Å². The van der Waals surface area contributed by atoms with Crippen molar-refractivity contribution in [1.29, 1.82) is 0 Å². The summed E-state index contributed by atoms with van der Waals surface area (Å²) in [6.45, 7) is 0.551. The molecule has 1 atom stereocenters. The number of fused-ring (bicyclic) bond motifs is 1. The van der Waals surface area contributed by atoms with E-state index in [9.17, 15) is 9.59 Å². The lowest BCUT2D eigenvalue weighted by molar-refractivity contribution is -0.137. The number of aliphatic carboxylic acids is 1. The Bertz CT molecular complexity index is 476. The van der Waals surface area contributed by atoms with Gasteiger partial charge in [0.05, 0.1) is 5.92 Å². The molecule has 5 heteroatoms. The van der Waals surface area contributed by atoms with E-state index in [2.05, 4.69) is 5.32 Å². The van der Waals surface area contributed by atoms with Gasteiger partial charge in [-0.25, -0.2) is 0 Å². The van der Waals surface area contributed by atoms with E-state index in [0.29, 0.717) is 19.4 Å². The molecule has 4 nitrogen and oxygen atoms in total. The van der Waals surface area contributed by atoms with Gasteiger partial charge in [0.15, 0.2) is 0 Å².